The van der Waals surface area contributed by atoms with Gasteiger partial charge in [0, 0.05) is 58.5 Å². The Morgan fingerprint density at radius 2 is 1.39 bits per heavy atom. The molecular weight excluding hydrogens is 909 g/mol. The second kappa shape index (κ2) is 21.7. The average molecular weight is 989 g/mol. The molecule has 0 radical (unpaired) electrons. The molecule has 4 aliphatic carbocycles. The van der Waals surface area contributed by atoms with Crippen LogP contribution in [0.5, 0.6) is 0 Å². The number of carbonyl (C=O) groups is 2. The summed E-state index contributed by atoms with van der Waals surface area (Å²) in [5, 5.41) is 45.8. The van der Waals surface area contributed by atoms with Crippen LogP contribution in [-0.4, -0.2) is 164 Å². The highest BCUT2D eigenvalue weighted by molar-refractivity contribution is 5.87. The van der Waals surface area contributed by atoms with Crippen molar-refractivity contribution in [2.75, 3.05) is 21.3 Å². The van der Waals surface area contributed by atoms with E-state index in [1.165, 1.54) is 20.1 Å². The largest absolute Gasteiger partial charge is 0.458 e. The molecule has 7 aliphatic rings. The van der Waals surface area contributed by atoms with E-state index in [1.807, 2.05) is 51.1 Å². The molecule has 394 valence electrons. The van der Waals surface area contributed by atoms with Gasteiger partial charge < -0.3 is 72.5 Å². The molecule has 4 N–H and O–H groups in total. The number of carbonyl (C=O) groups excluding carboxylic acids is 2. The number of fused-ring (bicyclic) bond motifs is 5. The van der Waals surface area contributed by atoms with Crippen LogP contribution in [0.1, 0.15) is 112 Å². The van der Waals surface area contributed by atoms with Crippen LogP contribution in [0.2, 0.25) is 0 Å². The van der Waals surface area contributed by atoms with Crippen LogP contribution in [-0.2, 0) is 61.7 Å². The maximum atomic E-state index is 13.8. The van der Waals surface area contributed by atoms with Gasteiger partial charge in [-0.2, -0.15) is 0 Å². The maximum absolute atomic E-state index is 13.8. The molecule has 1 aromatic rings. The van der Waals surface area contributed by atoms with Gasteiger partial charge in [0.05, 0.1) is 48.3 Å². The molecule has 70 heavy (non-hydrogen) atoms. The molecule has 1 aromatic carbocycles. The van der Waals surface area contributed by atoms with E-state index in [-0.39, 0.29) is 23.9 Å². The normalized spacial score (nSPS) is 47.7. The molecule has 0 bridgehead atoms. The lowest BCUT2D eigenvalue weighted by Crippen LogP contribution is -2.73. The fraction of sp³-hybridized carbons (Fsp3) is 0.811. The number of ether oxygens (including phenoxy) is 11. The minimum Gasteiger partial charge on any atom is -0.458 e. The molecule has 0 amide bonds. The summed E-state index contributed by atoms with van der Waals surface area (Å²) >= 11 is 0. The quantitative estimate of drug-likeness (QED) is 0.111. The molecule has 17 heteroatoms. The van der Waals surface area contributed by atoms with Gasteiger partial charge in [0.25, 0.3) is 0 Å². The van der Waals surface area contributed by atoms with E-state index in [2.05, 4.69) is 6.92 Å². The van der Waals surface area contributed by atoms with Crippen LogP contribution < -0.4 is 0 Å². The van der Waals surface area contributed by atoms with Crippen LogP contribution in [0.15, 0.2) is 36.4 Å². The first-order valence-electron chi connectivity index (χ1n) is 25.7. The molecule has 0 spiro atoms. The SMILES string of the molecule is CO[C@H]1[C@@H](O)[C@H](O[C@H]2[C@@H](OC)C[C@H](O[C@H]3[C@@H](OC)C[C@H](O[C@H]4CC[C@@]5(C)C(CCC6C5[C@H](OC(C)=O)[C@@H](OC(=O)/C=C/c5ccccc5)[C@]5(C)[C@@H](C(C)O)CC[C@]65O)C4)O[C@@H]3C)O[C@@H]2C)O[C@H](C)[C@H]1O. The third kappa shape index (κ3) is 10.0. The highest BCUT2D eigenvalue weighted by Crippen LogP contribution is 2.70. The summed E-state index contributed by atoms with van der Waals surface area (Å²) < 4.78 is 68.6. The van der Waals surface area contributed by atoms with Crippen molar-refractivity contribution >= 4 is 18.0 Å². The van der Waals surface area contributed by atoms with Gasteiger partial charge >= 0.3 is 11.9 Å². The van der Waals surface area contributed by atoms with E-state index in [4.69, 9.17) is 52.1 Å². The number of benzene rings is 1. The number of hydrogen-bond donors (Lipinski definition) is 4. The maximum Gasteiger partial charge on any atom is 0.331 e. The Morgan fingerprint density at radius 1 is 0.743 bits per heavy atom. The number of esters is 2. The van der Waals surface area contributed by atoms with Crippen molar-refractivity contribution in [2.24, 2.45) is 34.5 Å². The third-order valence-electron chi connectivity index (χ3n) is 18.1. The summed E-state index contributed by atoms with van der Waals surface area (Å²) in [6, 6.07) is 9.43. The van der Waals surface area contributed by atoms with Crippen molar-refractivity contribution in [3.63, 3.8) is 0 Å². The molecule has 7 fully saturated rings. The van der Waals surface area contributed by atoms with Gasteiger partial charge in [-0.3, -0.25) is 4.79 Å². The minimum absolute atomic E-state index is 0.133. The predicted molar refractivity (Wildman–Crippen MR) is 251 cm³/mol. The zero-order valence-corrected chi connectivity index (χ0v) is 42.6. The number of aliphatic hydroxyl groups excluding tert-OH is 3. The Labute approximate surface area is 413 Å². The van der Waals surface area contributed by atoms with Crippen molar-refractivity contribution in [3.8, 4) is 0 Å². The van der Waals surface area contributed by atoms with E-state index < -0.39 is 133 Å². The Bertz CT molecular complexity index is 1950. The Morgan fingerprint density at radius 3 is 2.00 bits per heavy atom. The molecule has 24 atom stereocenters. The van der Waals surface area contributed by atoms with Gasteiger partial charge in [-0.25, -0.2) is 4.79 Å². The summed E-state index contributed by atoms with van der Waals surface area (Å²) in [6.07, 6.45) is -3.53. The monoisotopic (exact) mass is 989 g/mol. The first-order valence-corrected chi connectivity index (χ1v) is 25.7. The standard InChI is InChI=1S/C53H80O17/c1-27(54)35-21-23-53(59)36-18-17-33-24-34(20-22-51(33,6)42(36)47(66-31(5)55)49(52(35,53)7)68-39(56)19-16-32-14-12-11-13-15-32)67-40-25-37(60-8)45(29(3)63-40)69-41-26-38(61-9)46(30(4)64-41)70-50-44(58)48(62-10)43(57)28(2)65-50/h11-16,19,27-30,33-38,40-50,54,57-59H,17-18,20-26H2,1-10H3/b19-16+/t27?,28-,29-,30-,33?,34+,35-,36?,37+,38+,40+,41+,42?,43-,44-,45-,46-,47+,48-,49-,50+,51+,52+,53+/m1/s1. The lowest BCUT2D eigenvalue weighted by molar-refractivity contribution is -0.352. The molecule has 8 rings (SSSR count). The summed E-state index contributed by atoms with van der Waals surface area (Å²) in [6.45, 7) is 12.7. The van der Waals surface area contributed by atoms with Gasteiger partial charge in [-0.05, 0) is 107 Å². The summed E-state index contributed by atoms with van der Waals surface area (Å²) in [5.41, 5.74) is -1.99. The van der Waals surface area contributed by atoms with Gasteiger partial charge in [0.15, 0.2) is 18.9 Å². The van der Waals surface area contributed by atoms with Gasteiger partial charge in [0.2, 0.25) is 0 Å². The third-order valence-corrected chi connectivity index (χ3v) is 18.1. The van der Waals surface area contributed by atoms with Crippen LogP contribution in [0.3, 0.4) is 0 Å². The van der Waals surface area contributed by atoms with Crippen LogP contribution in [0, 0.1) is 34.5 Å². The van der Waals surface area contributed by atoms with E-state index in [1.54, 1.807) is 34.1 Å². The van der Waals surface area contributed by atoms with Gasteiger partial charge in [-0.15, -0.1) is 0 Å². The number of rotatable bonds is 14. The fourth-order valence-electron chi connectivity index (χ4n) is 14.5. The molecule has 3 heterocycles. The van der Waals surface area contributed by atoms with Crippen LogP contribution in [0.4, 0.5) is 0 Å². The molecule has 17 nitrogen and oxygen atoms in total. The fourth-order valence-corrected chi connectivity index (χ4v) is 14.5. The lowest BCUT2D eigenvalue weighted by atomic mass is 9.41. The highest BCUT2D eigenvalue weighted by Gasteiger charge is 2.75. The van der Waals surface area contributed by atoms with Crippen LogP contribution in [0.25, 0.3) is 6.08 Å². The van der Waals surface area contributed by atoms with Crippen LogP contribution >= 0.6 is 0 Å². The van der Waals surface area contributed by atoms with Crippen molar-refractivity contribution in [1.82, 2.24) is 0 Å². The first kappa shape index (κ1) is 53.7. The van der Waals surface area contributed by atoms with Crippen molar-refractivity contribution < 1.29 is 82.1 Å². The molecule has 4 unspecified atom stereocenters. The average Bonchev–Trinajstić information content (AvgIpc) is 3.61. The zero-order chi connectivity index (χ0) is 50.4. The zero-order valence-electron chi connectivity index (χ0n) is 42.6. The second-order valence-electron chi connectivity index (χ2n) is 21.9. The first-order chi connectivity index (χ1) is 33.3. The topological polar surface area (TPSA) is 217 Å². The Kier molecular flexibility index (Phi) is 16.6. The molecule has 3 aliphatic heterocycles. The van der Waals surface area contributed by atoms with E-state index in [0.717, 1.165) is 18.4 Å². The van der Waals surface area contributed by atoms with Gasteiger partial charge in [0.1, 0.15) is 42.7 Å². The molecular formula is C53H80O17. The predicted octanol–water partition coefficient (Wildman–Crippen LogP) is 4.85. The van der Waals surface area contributed by atoms with E-state index in [0.29, 0.717) is 44.9 Å². The summed E-state index contributed by atoms with van der Waals surface area (Å²) in [5.74, 6) is -1.97. The summed E-state index contributed by atoms with van der Waals surface area (Å²) in [4.78, 5) is 27.0. The minimum atomic E-state index is -1.29. The van der Waals surface area contributed by atoms with Crippen molar-refractivity contribution in [2.45, 2.75) is 216 Å². The molecule has 3 saturated heterocycles. The number of aliphatic hydroxyl groups is 4. The van der Waals surface area contributed by atoms with Gasteiger partial charge in [-0.1, -0.05) is 44.2 Å². The van der Waals surface area contributed by atoms with Crippen molar-refractivity contribution in [1.29, 1.82) is 0 Å². The molecule has 0 aromatic heterocycles. The Hall–Kier alpha value is -2.62. The summed E-state index contributed by atoms with van der Waals surface area (Å²) in [7, 11) is 4.65. The highest BCUT2D eigenvalue weighted by atomic mass is 16.8. The second-order valence-corrected chi connectivity index (χ2v) is 21.9. The smallest absolute Gasteiger partial charge is 0.331 e. The lowest BCUT2D eigenvalue weighted by Gasteiger charge is -2.67. The number of methoxy groups -OCH3 is 3. The van der Waals surface area contributed by atoms with Crippen molar-refractivity contribution in [3.05, 3.63) is 42.0 Å². The van der Waals surface area contributed by atoms with E-state index in [9.17, 15) is 30.0 Å². The number of hydrogen-bond acceptors (Lipinski definition) is 17. The Balaban J connectivity index is 0.934. The van der Waals surface area contributed by atoms with E-state index >= 15 is 0 Å². The molecule has 4 saturated carbocycles.